The second-order valence-corrected chi connectivity index (χ2v) is 4.93. The fourth-order valence-electron chi connectivity index (χ4n) is 3.30. The zero-order chi connectivity index (χ0) is 10.9. The SMILES string of the molecule is C=C1CCCC[C@@]2(O)[C@@H]1CC[C@H]2OCC. The van der Waals surface area contributed by atoms with Gasteiger partial charge in [0.15, 0.2) is 0 Å². The van der Waals surface area contributed by atoms with E-state index >= 15 is 0 Å². The Kier molecular flexibility index (Phi) is 3.17. The molecule has 2 fully saturated rings. The summed E-state index contributed by atoms with van der Waals surface area (Å²) in [6, 6.07) is 0. The molecule has 2 heteroatoms. The Morgan fingerprint density at radius 1 is 1.47 bits per heavy atom. The first kappa shape index (κ1) is 11.2. The van der Waals surface area contributed by atoms with E-state index in [-0.39, 0.29) is 12.0 Å². The standard InChI is InChI=1S/C13H22O2/c1-3-15-12-8-7-11-10(2)6-4-5-9-13(11,12)14/h11-12,14H,2-9H2,1H3/t11-,12-,13-/m1/s1. The summed E-state index contributed by atoms with van der Waals surface area (Å²) in [5.74, 6) is 0.288. The zero-order valence-electron chi connectivity index (χ0n) is 9.67. The lowest BCUT2D eigenvalue weighted by Gasteiger charge is -2.34. The zero-order valence-corrected chi connectivity index (χ0v) is 9.67. The fraction of sp³-hybridized carbons (Fsp3) is 0.846. The highest BCUT2D eigenvalue weighted by Gasteiger charge is 2.50. The van der Waals surface area contributed by atoms with Gasteiger partial charge in [0.25, 0.3) is 0 Å². The molecule has 2 nitrogen and oxygen atoms in total. The monoisotopic (exact) mass is 210 g/mol. The fourth-order valence-corrected chi connectivity index (χ4v) is 3.30. The number of hydrogen-bond acceptors (Lipinski definition) is 2. The van der Waals surface area contributed by atoms with Crippen LogP contribution in [0.15, 0.2) is 12.2 Å². The molecule has 2 aliphatic carbocycles. The Balaban J connectivity index is 2.18. The third kappa shape index (κ3) is 1.85. The summed E-state index contributed by atoms with van der Waals surface area (Å²) >= 11 is 0. The summed E-state index contributed by atoms with van der Waals surface area (Å²) in [6.45, 7) is 6.84. The van der Waals surface area contributed by atoms with E-state index in [2.05, 4.69) is 6.58 Å². The molecule has 0 heterocycles. The summed E-state index contributed by atoms with van der Waals surface area (Å²) in [4.78, 5) is 0. The Bertz CT molecular complexity index is 249. The molecular weight excluding hydrogens is 188 g/mol. The minimum absolute atomic E-state index is 0.0438. The van der Waals surface area contributed by atoms with Crippen molar-refractivity contribution in [3.63, 3.8) is 0 Å². The topological polar surface area (TPSA) is 29.5 Å². The predicted molar refractivity (Wildman–Crippen MR) is 60.7 cm³/mol. The van der Waals surface area contributed by atoms with Crippen molar-refractivity contribution in [2.24, 2.45) is 5.92 Å². The van der Waals surface area contributed by atoms with Gasteiger partial charge in [-0.1, -0.05) is 18.6 Å². The molecule has 1 N–H and O–H groups in total. The molecule has 0 amide bonds. The molecule has 0 aromatic heterocycles. The molecular formula is C13H22O2. The van der Waals surface area contributed by atoms with Gasteiger partial charge in [0.05, 0.1) is 11.7 Å². The van der Waals surface area contributed by atoms with Crippen molar-refractivity contribution < 1.29 is 9.84 Å². The molecule has 0 aromatic carbocycles. The molecule has 3 atom stereocenters. The first-order valence-corrected chi connectivity index (χ1v) is 6.20. The maximum absolute atomic E-state index is 10.8. The average molecular weight is 210 g/mol. The van der Waals surface area contributed by atoms with E-state index < -0.39 is 5.60 Å². The van der Waals surface area contributed by atoms with E-state index in [1.807, 2.05) is 6.92 Å². The Labute approximate surface area is 92.3 Å². The predicted octanol–water partition coefficient (Wildman–Crippen LogP) is 2.66. The summed E-state index contributed by atoms with van der Waals surface area (Å²) in [5.41, 5.74) is 0.640. The molecule has 0 bridgehead atoms. The van der Waals surface area contributed by atoms with Crippen LogP contribution >= 0.6 is 0 Å². The van der Waals surface area contributed by atoms with Gasteiger partial charge < -0.3 is 9.84 Å². The van der Waals surface area contributed by atoms with Crippen molar-refractivity contribution in [2.45, 2.75) is 57.2 Å². The van der Waals surface area contributed by atoms with E-state index in [1.165, 1.54) is 12.0 Å². The van der Waals surface area contributed by atoms with Gasteiger partial charge in [-0.25, -0.2) is 0 Å². The lowest BCUT2D eigenvalue weighted by atomic mass is 9.83. The molecule has 2 saturated carbocycles. The quantitative estimate of drug-likeness (QED) is 0.710. The largest absolute Gasteiger partial charge is 0.387 e. The summed E-state index contributed by atoms with van der Waals surface area (Å²) in [5, 5.41) is 10.8. The number of fused-ring (bicyclic) bond motifs is 1. The number of ether oxygens (including phenoxy) is 1. The van der Waals surface area contributed by atoms with Crippen LogP contribution in [0.1, 0.15) is 45.4 Å². The Morgan fingerprint density at radius 3 is 3.00 bits per heavy atom. The first-order chi connectivity index (χ1) is 7.18. The Hall–Kier alpha value is -0.340. The van der Waals surface area contributed by atoms with Crippen molar-refractivity contribution in [2.75, 3.05) is 6.61 Å². The first-order valence-electron chi connectivity index (χ1n) is 6.20. The van der Waals surface area contributed by atoms with E-state index in [0.29, 0.717) is 6.61 Å². The molecule has 2 rings (SSSR count). The number of aliphatic hydroxyl groups is 1. The molecule has 0 spiro atoms. The highest BCUT2D eigenvalue weighted by molar-refractivity contribution is 5.16. The molecule has 0 saturated heterocycles. The average Bonchev–Trinajstić information content (AvgIpc) is 2.44. The normalized spacial score (nSPS) is 41.3. The van der Waals surface area contributed by atoms with Crippen LogP contribution in [0.25, 0.3) is 0 Å². The van der Waals surface area contributed by atoms with Crippen molar-refractivity contribution in [3.8, 4) is 0 Å². The van der Waals surface area contributed by atoms with Gasteiger partial charge in [-0.15, -0.1) is 0 Å². The van der Waals surface area contributed by atoms with Gasteiger partial charge >= 0.3 is 0 Å². The third-order valence-corrected chi connectivity index (χ3v) is 4.06. The van der Waals surface area contributed by atoms with Crippen LogP contribution in [-0.2, 0) is 4.74 Å². The van der Waals surface area contributed by atoms with E-state index in [1.54, 1.807) is 0 Å². The highest BCUT2D eigenvalue weighted by atomic mass is 16.5. The smallest absolute Gasteiger partial charge is 0.0972 e. The molecule has 0 radical (unpaired) electrons. The van der Waals surface area contributed by atoms with Crippen LogP contribution in [0.2, 0.25) is 0 Å². The maximum atomic E-state index is 10.8. The van der Waals surface area contributed by atoms with E-state index in [0.717, 1.165) is 32.1 Å². The van der Waals surface area contributed by atoms with Crippen LogP contribution in [-0.4, -0.2) is 23.4 Å². The summed E-state index contributed by atoms with van der Waals surface area (Å²) < 4.78 is 5.69. The highest BCUT2D eigenvalue weighted by Crippen LogP contribution is 2.47. The van der Waals surface area contributed by atoms with E-state index in [9.17, 15) is 5.11 Å². The Morgan fingerprint density at radius 2 is 2.27 bits per heavy atom. The molecule has 0 unspecified atom stereocenters. The van der Waals surface area contributed by atoms with Crippen molar-refractivity contribution in [1.82, 2.24) is 0 Å². The second-order valence-electron chi connectivity index (χ2n) is 4.93. The van der Waals surface area contributed by atoms with Crippen LogP contribution in [0.5, 0.6) is 0 Å². The molecule has 2 aliphatic rings. The molecule has 15 heavy (non-hydrogen) atoms. The minimum Gasteiger partial charge on any atom is -0.387 e. The van der Waals surface area contributed by atoms with Gasteiger partial charge in [-0.05, 0) is 39.0 Å². The summed E-state index contributed by atoms with van der Waals surface area (Å²) in [7, 11) is 0. The van der Waals surface area contributed by atoms with Crippen molar-refractivity contribution in [3.05, 3.63) is 12.2 Å². The van der Waals surface area contributed by atoms with Crippen LogP contribution in [0, 0.1) is 5.92 Å². The van der Waals surface area contributed by atoms with Gasteiger partial charge in [0.2, 0.25) is 0 Å². The van der Waals surface area contributed by atoms with Crippen LogP contribution in [0.3, 0.4) is 0 Å². The third-order valence-electron chi connectivity index (χ3n) is 4.06. The maximum Gasteiger partial charge on any atom is 0.0972 e. The lowest BCUT2D eigenvalue weighted by Crippen LogP contribution is -2.44. The van der Waals surface area contributed by atoms with Crippen LogP contribution in [0.4, 0.5) is 0 Å². The number of rotatable bonds is 2. The second kappa shape index (κ2) is 4.26. The van der Waals surface area contributed by atoms with Crippen molar-refractivity contribution >= 4 is 0 Å². The molecule has 0 aromatic rings. The van der Waals surface area contributed by atoms with Gasteiger partial charge in [0.1, 0.15) is 0 Å². The van der Waals surface area contributed by atoms with Crippen LogP contribution < -0.4 is 0 Å². The van der Waals surface area contributed by atoms with Gasteiger partial charge in [-0.3, -0.25) is 0 Å². The van der Waals surface area contributed by atoms with Gasteiger partial charge in [0, 0.05) is 12.5 Å². The minimum atomic E-state index is -0.608. The van der Waals surface area contributed by atoms with Gasteiger partial charge in [-0.2, -0.15) is 0 Å². The van der Waals surface area contributed by atoms with E-state index in [4.69, 9.17) is 4.74 Å². The van der Waals surface area contributed by atoms with Crippen molar-refractivity contribution in [1.29, 1.82) is 0 Å². The summed E-state index contributed by atoms with van der Waals surface area (Å²) in [6.07, 6.45) is 6.36. The lowest BCUT2D eigenvalue weighted by molar-refractivity contribution is -0.105. The number of hydrogen-bond donors (Lipinski definition) is 1. The molecule has 0 aliphatic heterocycles. The molecule has 86 valence electrons.